The van der Waals surface area contributed by atoms with Crippen LogP contribution in [0.2, 0.25) is 0 Å². The number of ketones is 1. The highest BCUT2D eigenvalue weighted by Crippen LogP contribution is 2.50. The Kier molecular flexibility index (Phi) is 3.98. The molecule has 2 aromatic carbocycles. The number of allylic oxidation sites excluding steroid dienone is 2. The highest BCUT2D eigenvalue weighted by molar-refractivity contribution is 6.04. The Morgan fingerprint density at radius 3 is 2.62 bits per heavy atom. The van der Waals surface area contributed by atoms with Crippen LogP contribution in [0.5, 0.6) is 5.75 Å². The van der Waals surface area contributed by atoms with E-state index in [0.717, 1.165) is 51.2 Å². The molecule has 5 rings (SSSR count). The van der Waals surface area contributed by atoms with Crippen molar-refractivity contribution >= 4 is 22.4 Å². The van der Waals surface area contributed by atoms with Crippen molar-refractivity contribution in [3.05, 3.63) is 77.1 Å². The third kappa shape index (κ3) is 2.91. The van der Waals surface area contributed by atoms with Gasteiger partial charge in [0.05, 0.1) is 12.6 Å². The maximum Gasteiger partial charge on any atom is 0.162 e. The van der Waals surface area contributed by atoms with Crippen molar-refractivity contribution in [2.24, 2.45) is 5.41 Å². The van der Waals surface area contributed by atoms with E-state index in [2.05, 4.69) is 48.4 Å². The van der Waals surface area contributed by atoms with Crippen LogP contribution in [-0.2, 0) is 4.79 Å². The quantitative estimate of drug-likeness (QED) is 0.639. The minimum atomic E-state index is -0.108. The van der Waals surface area contributed by atoms with Gasteiger partial charge in [0.1, 0.15) is 5.75 Å². The number of hydrogen-bond acceptors (Lipinski definition) is 4. The van der Waals surface area contributed by atoms with Gasteiger partial charge in [-0.2, -0.15) is 0 Å². The lowest BCUT2D eigenvalue weighted by Gasteiger charge is -2.40. The molecule has 0 spiro atoms. The second-order valence-corrected chi connectivity index (χ2v) is 8.76. The van der Waals surface area contributed by atoms with Crippen molar-refractivity contribution in [3.8, 4) is 5.75 Å². The maximum absolute atomic E-state index is 13.4. The van der Waals surface area contributed by atoms with E-state index in [9.17, 15) is 4.79 Å². The van der Waals surface area contributed by atoms with Gasteiger partial charge in [0, 0.05) is 40.9 Å². The van der Waals surface area contributed by atoms with Gasteiger partial charge in [0.15, 0.2) is 5.78 Å². The van der Waals surface area contributed by atoms with Crippen LogP contribution in [0.4, 0.5) is 5.69 Å². The minimum Gasteiger partial charge on any atom is -0.497 e. The zero-order valence-electron chi connectivity index (χ0n) is 17.0. The van der Waals surface area contributed by atoms with Crippen LogP contribution in [0.3, 0.4) is 0 Å². The highest BCUT2D eigenvalue weighted by atomic mass is 16.5. The van der Waals surface area contributed by atoms with Gasteiger partial charge < -0.3 is 10.1 Å². The molecular weight excluding hydrogens is 360 g/mol. The highest BCUT2D eigenvalue weighted by Gasteiger charge is 2.41. The monoisotopic (exact) mass is 384 g/mol. The van der Waals surface area contributed by atoms with Crippen molar-refractivity contribution in [2.45, 2.75) is 32.6 Å². The van der Waals surface area contributed by atoms with E-state index in [1.165, 1.54) is 0 Å². The Bertz CT molecular complexity index is 1160. The number of anilines is 1. The third-order valence-electron chi connectivity index (χ3n) is 6.06. The fourth-order valence-corrected chi connectivity index (χ4v) is 4.81. The van der Waals surface area contributed by atoms with Crippen molar-refractivity contribution in [2.75, 3.05) is 12.4 Å². The first-order valence-electron chi connectivity index (χ1n) is 10.0. The number of carbonyl (C=O) groups excluding carboxylic acids is 1. The number of ether oxygens (including phenoxy) is 1. The topological polar surface area (TPSA) is 51.2 Å². The van der Waals surface area contributed by atoms with E-state index in [1.807, 2.05) is 30.5 Å². The molecule has 1 aromatic heterocycles. The molecular formula is C25H24N2O2. The summed E-state index contributed by atoms with van der Waals surface area (Å²) in [6.45, 7) is 4.33. The number of hydrogen-bond donors (Lipinski definition) is 1. The van der Waals surface area contributed by atoms with Crippen molar-refractivity contribution in [3.63, 3.8) is 0 Å². The number of nitrogens with one attached hydrogen (secondary N) is 1. The molecule has 1 N–H and O–H groups in total. The molecule has 4 heteroatoms. The first kappa shape index (κ1) is 17.9. The van der Waals surface area contributed by atoms with Crippen molar-refractivity contribution < 1.29 is 9.53 Å². The Morgan fingerprint density at radius 2 is 1.86 bits per heavy atom. The number of carbonyl (C=O) groups is 1. The molecule has 1 atom stereocenters. The standard InChI is InChI=1S/C25H24N2O2/c1-25(2)13-20-24(21(28)14-25)22(15-6-8-16(29-3)9-7-15)23-17-5-4-12-26-18(17)10-11-19(23)27-20/h4-12,22,27H,13-14H2,1-3H3/t22-/m0/s1. The van der Waals surface area contributed by atoms with E-state index in [1.54, 1.807) is 7.11 Å². The first-order chi connectivity index (χ1) is 14.0. The first-order valence-corrected chi connectivity index (χ1v) is 10.0. The molecule has 2 heterocycles. The Hall–Kier alpha value is -3.14. The van der Waals surface area contributed by atoms with Gasteiger partial charge in [0.2, 0.25) is 0 Å². The predicted molar refractivity (Wildman–Crippen MR) is 115 cm³/mol. The molecule has 0 unspecified atom stereocenters. The molecule has 0 fully saturated rings. The summed E-state index contributed by atoms with van der Waals surface area (Å²) in [6, 6.07) is 16.3. The molecule has 146 valence electrons. The second-order valence-electron chi connectivity index (χ2n) is 8.76. The summed E-state index contributed by atoms with van der Waals surface area (Å²) >= 11 is 0. The molecule has 1 aliphatic carbocycles. The molecule has 0 saturated heterocycles. The van der Waals surface area contributed by atoms with Gasteiger partial charge in [-0.1, -0.05) is 32.0 Å². The molecule has 0 radical (unpaired) electrons. The third-order valence-corrected chi connectivity index (χ3v) is 6.06. The van der Waals surface area contributed by atoms with E-state index in [4.69, 9.17) is 4.74 Å². The van der Waals surface area contributed by atoms with Gasteiger partial charge in [-0.05, 0) is 53.3 Å². The average molecular weight is 384 g/mol. The number of aromatic nitrogens is 1. The second kappa shape index (κ2) is 6.45. The summed E-state index contributed by atoms with van der Waals surface area (Å²) in [5.74, 6) is 0.938. The molecule has 1 aliphatic heterocycles. The predicted octanol–water partition coefficient (Wildman–Crippen LogP) is 5.44. The molecule has 0 bridgehead atoms. The molecule has 3 aromatic rings. The molecule has 29 heavy (non-hydrogen) atoms. The normalized spacial score (nSPS) is 20.1. The van der Waals surface area contributed by atoms with Crippen LogP contribution in [0.25, 0.3) is 10.9 Å². The number of nitrogens with zero attached hydrogens (tertiary/aromatic N) is 1. The van der Waals surface area contributed by atoms with Crippen LogP contribution < -0.4 is 10.1 Å². The van der Waals surface area contributed by atoms with E-state index >= 15 is 0 Å². The van der Waals surface area contributed by atoms with Crippen LogP contribution in [0, 0.1) is 5.41 Å². The summed E-state index contributed by atoms with van der Waals surface area (Å²) < 4.78 is 5.35. The van der Waals surface area contributed by atoms with E-state index < -0.39 is 0 Å². The van der Waals surface area contributed by atoms with Crippen LogP contribution in [0.1, 0.15) is 43.7 Å². The molecule has 0 amide bonds. The number of fused-ring (bicyclic) bond motifs is 3. The Labute approximate surface area is 170 Å². The SMILES string of the molecule is COc1ccc([C@@H]2C3=C(CC(C)(C)CC3=O)Nc3ccc4ncccc4c32)cc1. The number of Topliss-reactive ketones (excluding diaryl/α,β-unsaturated/α-hetero) is 1. The lowest BCUT2D eigenvalue weighted by molar-refractivity contribution is -0.118. The fourth-order valence-electron chi connectivity index (χ4n) is 4.81. The van der Waals surface area contributed by atoms with Crippen LogP contribution in [0.15, 0.2) is 66.0 Å². The molecule has 4 nitrogen and oxygen atoms in total. The van der Waals surface area contributed by atoms with Gasteiger partial charge in [-0.25, -0.2) is 0 Å². The number of methoxy groups -OCH3 is 1. The minimum absolute atomic E-state index is 0.0384. The molecule has 0 saturated carbocycles. The van der Waals surface area contributed by atoms with E-state index in [0.29, 0.717) is 6.42 Å². The Balaban J connectivity index is 1.79. The number of benzene rings is 2. The summed E-state index contributed by atoms with van der Waals surface area (Å²) in [6.07, 6.45) is 3.25. The van der Waals surface area contributed by atoms with Crippen molar-refractivity contribution in [1.82, 2.24) is 4.98 Å². The van der Waals surface area contributed by atoms with Crippen LogP contribution >= 0.6 is 0 Å². The van der Waals surface area contributed by atoms with Gasteiger partial charge in [0.25, 0.3) is 0 Å². The lowest BCUT2D eigenvalue weighted by Crippen LogP contribution is -2.33. The summed E-state index contributed by atoms with van der Waals surface area (Å²) in [5, 5.41) is 4.69. The molecule has 2 aliphatic rings. The zero-order valence-corrected chi connectivity index (χ0v) is 17.0. The van der Waals surface area contributed by atoms with Crippen LogP contribution in [-0.4, -0.2) is 17.9 Å². The fraction of sp³-hybridized carbons (Fsp3) is 0.280. The largest absolute Gasteiger partial charge is 0.497 e. The van der Waals surface area contributed by atoms with Gasteiger partial charge in [-0.15, -0.1) is 0 Å². The number of pyridine rings is 1. The summed E-state index contributed by atoms with van der Waals surface area (Å²) in [5.41, 5.74) is 6.16. The van der Waals surface area contributed by atoms with Gasteiger partial charge >= 0.3 is 0 Å². The Morgan fingerprint density at radius 1 is 1.07 bits per heavy atom. The maximum atomic E-state index is 13.4. The summed E-state index contributed by atoms with van der Waals surface area (Å²) in [4.78, 5) is 17.9. The lowest BCUT2D eigenvalue weighted by atomic mass is 9.68. The van der Waals surface area contributed by atoms with Crippen molar-refractivity contribution in [1.29, 1.82) is 0 Å². The van der Waals surface area contributed by atoms with E-state index in [-0.39, 0.29) is 17.1 Å². The van der Waals surface area contributed by atoms with Gasteiger partial charge in [-0.3, -0.25) is 9.78 Å². The average Bonchev–Trinajstić information content (AvgIpc) is 2.71. The zero-order chi connectivity index (χ0) is 20.2. The smallest absolute Gasteiger partial charge is 0.162 e. The summed E-state index contributed by atoms with van der Waals surface area (Å²) in [7, 11) is 1.67. The number of rotatable bonds is 2.